The monoisotopic (exact) mass is 367 g/mol. The summed E-state index contributed by atoms with van der Waals surface area (Å²) in [6.07, 6.45) is 2.09. The number of rotatable bonds is 3. The number of thiazole rings is 1. The molecule has 0 aliphatic heterocycles. The van der Waals surface area contributed by atoms with Crippen molar-refractivity contribution in [3.63, 3.8) is 0 Å². The van der Waals surface area contributed by atoms with Gasteiger partial charge in [0.1, 0.15) is 5.82 Å². The molecule has 3 nitrogen and oxygen atoms in total. The molecule has 3 aromatic rings. The fourth-order valence-electron chi connectivity index (χ4n) is 2.34. The second-order valence-electron chi connectivity index (χ2n) is 5.07. The maximum absolute atomic E-state index is 13.7. The average molecular weight is 368 g/mol. The number of imidazole rings is 1. The highest BCUT2D eigenvalue weighted by Gasteiger charge is 2.12. The van der Waals surface area contributed by atoms with Crippen molar-refractivity contribution < 1.29 is 4.39 Å². The van der Waals surface area contributed by atoms with Crippen molar-refractivity contribution >= 4 is 37.9 Å². The smallest absolute Gasteiger partial charge is 0.194 e. The van der Waals surface area contributed by atoms with Gasteiger partial charge in [-0.05, 0) is 54.4 Å². The number of nitrogens with zero attached hydrogens (tertiary/aromatic N) is 2. The number of hydrogen-bond acceptors (Lipinski definition) is 3. The summed E-state index contributed by atoms with van der Waals surface area (Å²) in [5.41, 5.74) is 3.92. The molecule has 0 atom stereocenters. The molecule has 0 saturated heterocycles. The lowest BCUT2D eigenvalue weighted by Crippen LogP contribution is -2.05. The summed E-state index contributed by atoms with van der Waals surface area (Å²) in [6, 6.07) is 3.30. The maximum Gasteiger partial charge on any atom is 0.194 e. The lowest BCUT2D eigenvalue weighted by molar-refractivity contribution is 0.621. The molecule has 0 radical (unpaired) electrons. The molecule has 0 aliphatic carbocycles. The number of aromatic nitrogens is 2. The van der Waals surface area contributed by atoms with Gasteiger partial charge in [0.05, 0.1) is 22.4 Å². The van der Waals surface area contributed by atoms with Crippen molar-refractivity contribution in [1.82, 2.24) is 9.38 Å². The van der Waals surface area contributed by atoms with Gasteiger partial charge in [-0.2, -0.15) is 0 Å². The van der Waals surface area contributed by atoms with E-state index in [-0.39, 0.29) is 5.82 Å². The van der Waals surface area contributed by atoms with E-state index < -0.39 is 0 Å². The van der Waals surface area contributed by atoms with Crippen LogP contribution in [0.2, 0.25) is 0 Å². The lowest BCUT2D eigenvalue weighted by atomic mass is 10.2. The van der Waals surface area contributed by atoms with E-state index in [1.807, 2.05) is 13.8 Å². The van der Waals surface area contributed by atoms with Gasteiger partial charge in [-0.1, -0.05) is 0 Å². The number of anilines is 1. The van der Waals surface area contributed by atoms with E-state index in [1.54, 1.807) is 17.4 Å². The molecular formula is C15H15BrFN3S. The van der Waals surface area contributed by atoms with Crippen molar-refractivity contribution in [3.05, 3.63) is 50.4 Å². The maximum atomic E-state index is 13.7. The third-order valence-electron chi connectivity index (χ3n) is 3.45. The number of nitrogens with one attached hydrogen (secondary N) is 1. The van der Waals surface area contributed by atoms with E-state index in [4.69, 9.17) is 0 Å². The highest BCUT2D eigenvalue weighted by molar-refractivity contribution is 9.10. The highest BCUT2D eigenvalue weighted by atomic mass is 79.9. The fourth-order valence-corrected chi connectivity index (χ4v) is 3.69. The molecule has 2 heterocycles. The second-order valence-corrected chi connectivity index (χ2v) is 7.14. The van der Waals surface area contributed by atoms with Crippen LogP contribution in [0.3, 0.4) is 0 Å². The quantitative estimate of drug-likeness (QED) is 0.717. The minimum absolute atomic E-state index is 0.260. The van der Waals surface area contributed by atoms with E-state index in [0.717, 1.165) is 27.6 Å². The largest absolute Gasteiger partial charge is 0.379 e. The van der Waals surface area contributed by atoms with Gasteiger partial charge in [0.2, 0.25) is 0 Å². The van der Waals surface area contributed by atoms with Crippen LogP contribution in [0.15, 0.2) is 22.8 Å². The Labute approximate surface area is 135 Å². The van der Waals surface area contributed by atoms with Crippen LogP contribution in [0.25, 0.3) is 4.96 Å². The van der Waals surface area contributed by atoms with Gasteiger partial charge in [0.15, 0.2) is 4.96 Å². The Morgan fingerprint density at radius 3 is 2.86 bits per heavy atom. The predicted octanol–water partition coefficient (Wildman–Crippen LogP) is 4.83. The number of aryl methyl sites for hydroxylation is 3. The summed E-state index contributed by atoms with van der Waals surface area (Å²) >= 11 is 4.88. The SMILES string of the molecule is Cc1cn2c(CNc3cc(F)c(Br)cc3C)c(C)nc2s1. The lowest BCUT2D eigenvalue weighted by Gasteiger charge is -2.11. The van der Waals surface area contributed by atoms with Crippen LogP contribution in [0.5, 0.6) is 0 Å². The van der Waals surface area contributed by atoms with E-state index in [2.05, 4.69) is 43.8 Å². The Morgan fingerprint density at radius 1 is 1.33 bits per heavy atom. The minimum Gasteiger partial charge on any atom is -0.379 e. The van der Waals surface area contributed by atoms with Crippen molar-refractivity contribution in [2.24, 2.45) is 0 Å². The van der Waals surface area contributed by atoms with Gasteiger partial charge >= 0.3 is 0 Å². The molecular weight excluding hydrogens is 353 g/mol. The first-order valence-electron chi connectivity index (χ1n) is 6.59. The van der Waals surface area contributed by atoms with Crippen LogP contribution in [0.4, 0.5) is 10.1 Å². The van der Waals surface area contributed by atoms with Crippen molar-refractivity contribution in [2.75, 3.05) is 5.32 Å². The predicted molar refractivity (Wildman–Crippen MR) is 88.7 cm³/mol. The summed E-state index contributed by atoms with van der Waals surface area (Å²) in [4.78, 5) is 6.79. The Kier molecular flexibility index (Phi) is 3.75. The molecule has 2 aromatic heterocycles. The zero-order valence-electron chi connectivity index (χ0n) is 12.0. The molecule has 0 fully saturated rings. The molecule has 3 rings (SSSR count). The number of halogens is 2. The first kappa shape index (κ1) is 14.5. The van der Waals surface area contributed by atoms with Gasteiger partial charge in [0.25, 0.3) is 0 Å². The minimum atomic E-state index is -0.260. The topological polar surface area (TPSA) is 29.3 Å². The standard InChI is InChI=1S/C15H15BrFN3S/c1-8-4-11(16)12(17)5-13(8)18-6-14-10(3)19-15-20(14)7-9(2)21-15/h4-5,7,18H,6H2,1-3H3. The first-order chi connectivity index (χ1) is 9.95. The molecule has 0 bridgehead atoms. The van der Waals surface area contributed by atoms with E-state index in [1.165, 1.54) is 10.9 Å². The van der Waals surface area contributed by atoms with Crippen LogP contribution < -0.4 is 5.32 Å². The van der Waals surface area contributed by atoms with E-state index in [0.29, 0.717) is 11.0 Å². The number of hydrogen-bond donors (Lipinski definition) is 1. The summed E-state index contributed by atoms with van der Waals surface area (Å²) < 4.78 is 16.2. The van der Waals surface area contributed by atoms with Gasteiger partial charge in [-0.15, -0.1) is 11.3 Å². The van der Waals surface area contributed by atoms with Crippen molar-refractivity contribution in [2.45, 2.75) is 27.3 Å². The van der Waals surface area contributed by atoms with E-state index >= 15 is 0 Å². The van der Waals surface area contributed by atoms with Crippen molar-refractivity contribution in [1.29, 1.82) is 0 Å². The Balaban J connectivity index is 1.90. The van der Waals surface area contributed by atoms with Gasteiger partial charge in [-0.3, -0.25) is 4.40 Å². The molecule has 1 N–H and O–H groups in total. The molecule has 21 heavy (non-hydrogen) atoms. The Hall–Kier alpha value is -1.40. The Bertz CT molecular complexity index is 822. The fraction of sp³-hybridized carbons (Fsp3) is 0.267. The molecule has 0 saturated carbocycles. The van der Waals surface area contributed by atoms with Gasteiger partial charge in [0, 0.05) is 16.8 Å². The van der Waals surface area contributed by atoms with Gasteiger partial charge in [-0.25, -0.2) is 9.37 Å². The van der Waals surface area contributed by atoms with Crippen LogP contribution >= 0.6 is 27.3 Å². The summed E-state index contributed by atoms with van der Waals surface area (Å²) in [6.45, 7) is 6.65. The zero-order valence-corrected chi connectivity index (χ0v) is 14.4. The molecule has 1 aromatic carbocycles. The normalized spacial score (nSPS) is 11.3. The Morgan fingerprint density at radius 2 is 2.10 bits per heavy atom. The molecule has 0 unspecified atom stereocenters. The number of benzene rings is 1. The third-order valence-corrected chi connectivity index (χ3v) is 4.96. The van der Waals surface area contributed by atoms with Crippen LogP contribution in [0.1, 0.15) is 21.8 Å². The molecule has 0 spiro atoms. The highest BCUT2D eigenvalue weighted by Crippen LogP contribution is 2.26. The van der Waals surface area contributed by atoms with Crippen LogP contribution in [-0.4, -0.2) is 9.38 Å². The average Bonchev–Trinajstić information content (AvgIpc) is 2.88. The van der Waals surface area contributed by atoms with E-state index in [9.17, 15) is 4.39 Å². The van der Waals surface area contributed by atoms with Gasteiger partial charge < -0.3 is 5.32 Å². The molecule has 0 aliphatic rings. The summed E-state index contributed by atoms with van der Waals surface area (Å²) in [5.74, 6) is -0.260. The zero-order chi connectivity index (χ0) is 15.1. The second kappa shape index (κ2) is 5.42. The summed E-state index contributed by atoms with van der Waals surface area (Å²) in [5, 5.41) is 3.31. The van der Waals surface area contributed by atoms with Crippen LogP contribution in [0, 0.1) is 26.6 Å². The molecule has 110 valence electrons. The third kappa shape index (κ3) is 2.70. The van der Waals surface area contributed by atoms with Crippen molar-refractivity contribution in [3.8, 4) is 0 Å². The molecule has 0 amide bonds. The molecule has 6 heteroatoms. The number of fused-ring (bicyclic) bond motifs is 1. The van der Waals surface area contributed by atoms with Crippen LogP contribution in [-0.2, 0) is 6.54 Å². The first-order valence-corrected chi connectivity index (χ1v) is 8.20. The summed E-state index contributed by atoms with van der Waals surface area (Å²) in [7, 11) is 0.